The number of rotatable bonds is 12. The molecule has 0 amide bonds. The maximum absolute atomic E-state index is 11.4. The molecule has 218 valence electrons. The van der Waals surface area contributed by atoms with Crippen LogP contribution in [0.2, 0.25) is 0 Å². The molecular formula is C34H36N2O6. The Morgan fingerprint density at radius 2 is 1.62 bits per heavy atom. The number of aromatic nitrogens is 1. The fourth-order valence-corrected chi connectivity index (χ4v) is 5.83. The van der Waals surface area contributed by atoms with E-state index in [0.717, 1.165) is 38.0 Å². The lowest BCUT2D eigenvalue weighted by Crippen LogP contribution is -2.35. The zero-order valence-corrected chi connectivity index (χ0v) is 23.6. The number of aromatic carboxylic acids is 1. The normalized spacial score (nSPS) is 17.4. The van der Waals surface area contributed by atoms with Crippen LogP contribution in [0.3, 0.4) is 0 Å². The molecule has 1 unspecified atom stereocenters. The van der Waals surface area contributed by atoms with Crippen LogP contribution in [-0.2, 0) is 27.2 Å². The quantitative estimate of drug-likeness (QED) is 0.224. The third-order valence-corrected chi connectivity index (χ3v) is 8.01. The van der Waals surface area contributed by atoms with Gasteiger partial charge in [-0.05, 0) is 61.2 Å². The number of nitrogens with zero attached hydrogens (tertiary/aromatic N) is 2. The summed E-state index contributed by atoms with van der Waals surface area (Å²) in [4.78, 5) is 13.8. The van der Waals surface area contributed by atoms with Crippen LogP contribution >= 0.6 is 0 Å². The van der Waals surface area contributed by atoms with Crippen LogP contribution in [0.5, 0.6) is 5.75 Å². The van der Waals surface area contributed by atoms with Gasteiger partial charge < -0.3 is 28.6 Å². The number of hydrogen-bond donors (Lipinski definition) is 1. The van der Waals surface area contributed by atoms with Crippen LogP contribution in [0.15, 0.2) is 97.3 Å². The zero-order valence-electron chi connectivity index (χ0n) is 23.6. The van der Waals surface area contributed by atoms with E-state index in [1.54, 1.807) is 30.5 Å². The maximum atomic E-state index is 11.4. The lowest BCUT2D eigenvalue weighted by molar-refractivity contribution is -0.0703. The smallest absolute Gasteiger partial charge is 0.339 e. The Hall–Kier alpha value is -4.43. The molecule has 0 aliphatic carbocycles. The summed E-state index contributed by atoms with van der Waals surface area (Å²) in [7, 11) is 0. The molecule has 1 aromatic heterocycles. The number of para-hydroxylation sites is 2. The molecule has 3 aromatic carbocycles. The van der Waals surface area contributed by atoms with Gasteiger partial charge in [0.2, 0.25) is 6.29 Å². The Bertz CT molecular complexity index is 1520. The lowest BCUT2D eigenvalue weighted by atomic mass is 9.89. The second kappa shape index (κ2) is 13.0. The fourth-order valence-electron chi connectivity index (χ4n) is 5.83. The van der Waals surface area contributed by atoms with E-state index in [4.69, 9.17) is 18.9 Å². The minimum Gasteiger partial charge on any atom is -0.491 e. The number of likely N-dealkylation sites (tertiary alicyclic amines) is 1. The van der Waals surface area contributed by atoms with E-state index in [-0.39, 0.29) is 11.9 Å². The highest BCUT2D eigenvalue weighted by Crippen LogP contribution is 2.34. The third kappa shape index (κ3) is 6.55. The van der Waals surface area contributed by atoms with Crippen LogP contribution in [0.1, 0.15) is 40.2 Å². The van der Waals surface area contributed by atoms with Gasteiger partial charge in [-0.2, -0.15) is 0 Å². The lowest BCUT2D eigenvalue weighted by Gasteiger charge is -2.31. The number of hydrogen-bond acceptors (Lipinski definition) is 6. The Morgan fingerprint density at radius 3 is 2.45 bits per heavy atom. The highest BCUT2D eigenvalue weighted by atomic mass is 16.8. The molecule has 8 heteroatoms. The molecule has 0 radical (unpaired) electrons. The number of piperidine rings is 1. The Balaban J connectivity index is 0.993. The monoisotopic (exact) mass is 568 g/mol. The average molecular weight is 569 g/mol. The molecule has 1 atom stereocenters. The summed E-state index contributed by atoms with van der Waals surface area (Å²) in [5.41, 5.74) is 3.96. The van der Waals surface area contributed by atoms with Crippen molar-refractivity contribution in [2.24, 2.45) is 0 Å². The summed E-state index contributed by atoms with van der Waals surface area (Å²) in [6.45, 7) is 4.38. The highest BCUT2D eigenvalue weighted by Gasteiger charge is 2.25. The SMILES string of the molecule is O=C(O)c1ccccc1OCCN1CCC(c2cn(CCOC3=COC(Cc4ccccc4)O3)c3ccccc23)CC1. The van der Waals surface area contributed by atoms with Gasteiger partial charge in [-0.3, -0.25) is 4.90 Å². The molecule has 0 saturated carbocycles. The van der Waals surface area contributed by atoms with Gasteiger partial charge in [-0.25, -0.2) is 4.79 Å². The molecule has 0 spiro atoms. The Kier molecular flexibility index (Phi) is 8.61. The molecular weight excluding hydrogens is 532 g/mol. The fraction of sp³-hybridized carbons (Fsp3) is 0.324. The summed E-state index contributed by atoms with van der Waals surface area (Å²) in [5, 5.41) is 10.7. The predicted molar refractivity (Wildman–Crippen MR) is 159 cm³/mol. The van der Waals surface area contributed by atoms with Crippen molar-refractivity contribution in [1.82, 2.24) is 9.47 Å². The van der Waals surface area contributed by atoms with Gasteiger partial charge in [-0.1, -0.05) is 60.7 Å². The van der Waals surface area contributed by atoms with Gasteiger partial charge in [0, 0.05) is 30.1 Å². The second-order valence-corrected chi connectivity index (χ2v) is 10.7. The van der Waals surface area contributed by atoms with Crippen molar-refractivity contribution >= 4 is 16.9 Å². The number of carboxylic acids is 1. The van der Waals surface area contributed by atoms with Gasteiger partial charge in [0.15, 0.2) is 6.26 Å². The van der Waals surface area contributed by atoms with E-state index in [1.165, 1.54) is 16.5 Å². The van der Waals surface area contributed by atoms with Crippen LogP contribution in [0.4, 0.5) is 0 Å². The molecule has 3 heterocycles. The van der Waals surface area contributed by atoms with E-state index in [9.17, 15) is 9.90 Å². The van der Waals surface area contributed by atoms with Crippen LogP contribution < -0.4 is 4.74 Å². The number of carboxylic acid groups (broad SMARTS) is 1. The van der Waals surface area contributed by atoms with Gasteiger partial charge in [0.05, 0.1) is 6.54 Å². The number of carbonyl (C=O) groups is 1. The average Bonchev–Trinajstić information content (AvgIpc) is 3.63. The molecule has 1 N–H and O–H groups in total. The highest BCUT2D eigenvalue weighted by molar-refractivity contribution is 5.90. The van der Waals surface area contributed by atoms with Crippen molar-refractivity contribution in [3.8, 4) is 5.75 Å². The maximum Gasteiger partial charge on any atom is 0.339 e. The molecule has 4 aromatic rings. The first kappa shape index (κ1) is 27.7. The first-order valence-electron chi connectivity index (χ1n) is 14.6. The molecule has 0 bridgehead atoms. The molecule has 42 heavy (non-hydrogen) atoms. The molecule has 8 nitrogen and oxygen atoms in total. The first-order chi connectivity index (χ1) is 20.6. The topological polar surface area (TPSA) is 82.4 Å². The first-order valence-corrected chi connectivity index (χ1v) is 14.6. The van der Waals surface area contributed by atoms with E-state index >= 15 is 0 Å². The van der Waals surface area contributed by atoms with Crippen molar-refractivity contribution in [3.63, 3.8) is 0 Å². The van der Waals surface area contributed by atoms with Crippen molar-refractivity contribution in [2.75, 3.05) is 32.8 Å². The minimum absolute atomic E-state index is 0.200. The van der Waals surface area contributed by atoms with Crippen LogP contribution in [-0.4, -0.2) is 59.7 Å². The predicted octanol–water partition coefficient (Wildman–Crippen LogP) is 6.03. The molecule has 1 fully saturated rings. The van der Waals surface area contributed by atoms with Crippen molar-refractivity contribution in [2.45, 2.75) is 38.0 Å². The van der Waals surface area contributed by atoms with E-state index < -0.39 is 5.97 Å². The summed E-state index contributed by atoms with van der Waals surface area (Å²) in [6, 6.07) is 25.5. The molecule has 6 rings (SSSR count). The summed E-state index contributed by atoms with van der Waals surface area (Å²) in [5.74, 6) is 0.361. The van der Waals surface area contributed by atoms with Gasteiger partial charge in [0.1, 0.15) is 24.5 Å². The zero-order chi connectivity index (χ0) is 28.7. The van der Waals surface area contributed by atoms with Crippen LogP contribution in [0.25, 0.3) is 10.9 Å². The Labute approximate surface area is 245 Å². The largest absolute Gasteiger partial charge is 0.491 e. The van der Waals surface area contributed by atoms with Crippen molar-refractivity contribution in [1.29, 1.82) is 0 Å². The second-order valence-electron chi connectivity index (χ2n) is 10.7. The Morgan fingerprint density at radius 1 is 0.881 bits per heavy atom. The molecule has 1 saturated heterocycles. The van der Waals surface area contributed by atoms with E-state index in [0.29, 0.717) is 43.8 Å². The van der Waals surface area contributed by atoms with E-state index in [2.05, 4.69) is 52.1 Å². The summed E-state index contributed by atoms with van der Waals surface area (Å²) < 4.78 is 25.5. The third-order valence-electron chi connectivity index (χ3n) is 8.01. The van der Waals surface area contributed by atoms with Gasteiger partial charge >= 0.3 is 11.9 Å². The van der Waals surface area contributed by atoms with Gasteiger partial charge in [-0.15, -0.1) is 0 Å². The van der Waals surface area contributed by atoms with E-state index in [1.807, 2.05) is 18.2 Å². The standard InChI is InChI=1S/C34H36N2O6/c37-34(38)28-11-5-7-13-31(28)39-20-18-35-16-14-26(15-17-35)29-23-36(30-12-6-4-10-27(29)30)19-21-40-33-24-41-32(42-33)22-25-8-2-1-3-9-25/h1-13,23-24,26,32H,14-22H2,(H,37,38). The number of fused-ring (bicyclic) bond motifs is 1. The molecule has 2 aliphatic rings. The molecule has 2 aliphatic heterocycles. The van der Waals surface area contributed by atoms with Crippen molar-refractivity contribution in [3.05, 3.63) is 114 Å². The summed E-state index contributed by atoms with van der Waals surface area (Å²) >= 11 is 0. The van der Waals surface area contributed by atoms with Crippen molar-refractivity contribution < 1.29 is 28.8 Å². The van der Waals surface area contributed by atoms with Gasteiger partial charge in [0.25, 0.3) is 0 Å². The number of benzene rings is 3. The van der Waals surface area contributed by atoms with Crippen LogP contribution in [0, 0.1) is 0 Å². The number of ether oxygens (including phenoxy) is 4. The minimum atomic E-state index is -0.970. The summed E-state index contributed by atoms with van der Waals surface area (Å²) in [6.07, 6.45) is 6.30.